The second-order valence-electron chi connectivity index (χ2n) is 5.41. The summed E-state index contributed by atoms with van der Waals surface area (Å²) in [4.78, 5) is 13.9. The van der Waals surface area contributed by atoms with Crippen LogP contribution in [0.25, 0.3) is 0 Å². The average molecular weight is 342 g/mol. The standard InChI is InChI=1S/C15H22N2O5S/c1-11-8-13(21-3)9-12(2)15(11)23(19,20)16-10-14(18)17-4-6-22-7-5-17/h8-9,16H,4-7,10H2,1-3H3. The maximum absolute atomic E-state index is 12.5. The van der Waals surface area contributed by atoms with Crippen molar-refractivity contribution in [2.24, 2.45) is 0 Å². The van der Waals surface area contributed by atoms with E-state index in [-0.39, 0.29) is 17.3 Å². The molecule has 1 fully saturated rings. The number of carbonyl (C=O) groups excluding carboxylic acids is 1. The summed E-state index contributed by atoms with van der Waals surface area (Å²) in [7, 11) is -2.24. The molecule has 0 saturated carbocycles. The number of aryl methyl sites for hydroxylation is 2. The molecule has 1 N–H and O–H groups in total. The third kappa shape index (κ3) is 4.21. The van der Waals surface area contributed by atoms with E-state index >= 15 is 0 Å². The van der Waals surface area contributed by atoms with Crippen LogP contribution in [-0.4, -0.2) is 59.2 Å². The van der Waals surface area contributed by atoms with Crippen LogP contribution in [0.2, 0.25) is 0 Å². The lowest BCUT2D eigenvalue weighted by Crippen LogP contribution is -2.45. The Morgan fingerprint density at radius 2 is 1.83 bits per heavy atom. The second kappa shape index (κ2) is 7.29. The van der Waals surface area contributed by atoms with Gasteiger partial charge in [0.25, 0.3) is 0 Å². The molecule has 8 heteroatoms. The first kappa shape index (κ1) is 17.7. The maximum atomic E-state index is 12.5. The number of hydrogen-bond donors (Lipinski definition) is 1. The lowest BCUT2D eigenvalue weighted by atomic mass is 10.1. The van der Waals surface area contributed by atoms with Crippen molar-refractivity contribution in [3.05, 3.63) is 23.3 Å². The third-order valence-electron chi connectivity index (χ3n) is 3.72. The first-order chi connectivity index (χ1) is 10.8. The largest absolute Gasteiger partial charge is 0.497 e. The van der Waals surface area contributed by atoms with E-state index < -0.39 is 10.0 Å². The van der Waals surface area contributed by atoms with Crippen LogP contribution in [-0.2, 0) is 19.6 Å². The van der Waals surface area contributed by atoms with Crippen molar-refractivity contribution in [3.8, 4) is 5.75 Å². The molecule has 2 rings (SSSR count). The van der Waals surface area contributed by atoms with Crippen molar-refractivity contribution in [2.75, 3.05) is 40.0 Å². The summed E-state index contributed by atoms with van der Waals surface area (Å²) in [5, 5.41) is 0. The fourth-order valence-corrected chi connectivity index (χ4v) is 4.03. The number of sulfonamides is 1. The van der Waals surface area contributed by atoms with Crippen LogP contribution in [0.3, 0.4) is 0 Å². The van der Waals surface area contributed by atoms with E-state index in [2.05, 4.69) is 4.72 Å². The predicted octanol–water partition coefficient (Wildman–Crippen LogP) is 0.449. The Kier molecular flexibility index (Phi) is 5.61. The molecule has 1 amide bonds. The number of hydrogen-bond acceptors (Lipinski definition) is 5. The molecule has 1 aliphatic rings. The van der Waals surface area contributed by atoms with Crippen LogP contribution in [0.4, 0.5) is 0 Å². The van der Waals surface area contributed by atoms with Crippen molar-refractivity contribution in [3.63, 3.8) is 0 Å². The molecule has 0 spiro atoms. The van der Waals surface area contributed by atoms with Crippen LogP contribution < -0.4 is 9.46 Å². The highest BCUT2D eigenvalue weighted by Gasteiger charge is 2.23. The minimum atomic E-state index is -3.76. The van der Waals surface area contributed by atoms with Gasteiger partial charge in [0.2, 0.25) is 15.9 Å². The fraction of sp³-hybridized carbons (Fsp3) is 0.533. The van der Waals surface area contributed by atoms with Gasteiger partial charge < -0.3 is 14.4 Å². The van der Waals surface area contributed by atoms with Gasteiger partial charge in [0, 0.05) is 13.1 Å². The normalized spacial score (nSPS) is 15.5. The van der Waals surface area contributed by atoms with Crippen molar-refractivity contribution in [2.45, 2.75) is 18.7 Å². The van der Waals surface area contributed by atoms with Crippen LogP contribution in [0.1, 0.15) is 11.1 Å². The molecule has 0 aromatic heterocycles. The van der Waals surface area contributed by atoms with E-state index in [1.165, 1.54) is 7.11 Å². The van der Waals surface area contributed by atoms with E-state index in [4.69, 9.17) is 9.47 Å². The fourth-order valence-electron chi connectivity index (χ4n) is 2.61. The molecule has 0 unspecified atom stereocenters. The molecule has 1 saturated heterocycles. The zero-order valence-corrected chi connectivity index (χ0v) is 14.4. The van der Waals surface area contributed by atoms with Gasteiger partial charge in [-0.1, -0.05) is 0 Å². The van der Waals surface area contributed by atoms with Gasteiger partial charge in [0.1, 0.15) is 5.75 Å². The van der Waals surface area contributed by atoms with Gasteiger partial charge in [-0.15, -0.1) is 0 Å². The van der Waals surface area contributed by atoms with Gasteiger partial charge in [-0.25, -0.2) is 13.1 Å². The van der Waals surface area contributed by atoms with Gasteiger partial charge in [0.05, 0.1) is 31.8 Å². The van der Waals surface area contributed by atoms with Gasteiger partial charge in [-0.05, 0) is 37.1 Å². The molecular weight excluding hydrogens is 320 g/mol. The number of nitrogens with one attached hydrogen (secondary N) is 1. The van der Waals surface area contributed by atoms with E-state index in [9.17, 15) is 13.2 Å². The quantitative estimate of drug-likeness (QED) is 0.840. The van der Waals surface area contributed by atoms with Gasteiger partial charge >= 0.3 is 0 Å². The van der Waals surface area contributed by atoms with Crippen LogP contribution in [0.5, 0.6) is 5.75 Å². The van der Waals surface area contributed by atoms with Crippen molar-refractivity contribution < 1.29 is 22.7 Å². The maximum Gasteiger partial charge on any atom is 0.241 e. The molecule has 1 aromatic rings. The zero-order valence-electron chi connectivity index (χ0n) is 13.6. The summed E-state index contributed by atoms with van der Waals surface area (Å²) in [6.07, 6.45) is 0. The summed E-state index contributed by atoms with van der Waals surface area (Å²) in [6, 6.07) is 3.32. The van der Waals surface area contributed by atoms with E-state index in [1.54, 1.807) is 30.9 Å². The molecule has 128 valence electrons. The molecule has 0 atom stereocenters. The van der Waals surface area contributed by atoms with Gasteiger partial charge in [-0.3, -0.25) is 4.79 Å². The molecule has 0 aliphatic carbocycles. The summed E-state index contributed by atoms with van der Waals surface area (Å²) in [6.45, 7) is 5.08. The van der Waals surface area contributed by atoms with Crippen LogP contribution >= 0.6 is 0 Å². The van der Waals surface area contributed by atoms with Gasteiger partial charge in [-0.2, -0.15) is 0 Å². The monoisotopic (exact) mass is 342 g/mol. The molecular formula is C15H22N2O5S. The lowest BCUT2D eigenvalue weighted by molar-refractivity contribution is -0.133. The number of carbonyl (C=O) groups is 1. The molecule has 0 bridgehead atoms. The first-order valence-corrected chi connectivity index (χ1v) is 8.84. The summed E-state index contributed by atoms with van der Waals surface area (Å²) >= 11 is 0. The average Bonchev–Trinajstić information content (AvgIpc) is 2.52. The highest BCUT2D eigenvalue weighted by molar-refractivity contribution is 7.89. The number of benzene rings is 1. The summed E-state index contributed by atoms with van der Waals surface area (Å²) in [5.74, 6) is 0.351. The van der Waals surface area contributed by atoms with Crippen molar-refractivity contribution in [1.82, 2.24) is 9.62 Å². The molecule has 23 heavy (non-hydrogen) atoms. The van der Waals surface area contributed by atoms with E-state index in [1.807, 2.05) is 0 Å². The highest BCUT2D eigenvalue weighted by Crippen LogP contribution is 2.25. The van der Waals surface area contributed by atoms with Crippen LogP contribution in [0.15, 0.2) is 17.0 Å². The molecule has 1 aromatic carbocycles. The number of ether oxygens (including phenoxy) is 2. The highest BCUT2D eigenvalue weighted by atomic mass is 32.2. The number of methoxy groups -OCH3 is 1. The summed E-state index contributed by atoms with van der Waals surface area (Å²) < 4.78 is 37.7. The molecule has 0 radical (unpaired) electrons. The van der Waals surface area contributed by atoms with Crippen molar-refractivity contribution >= 4 is 15.9 Å². The Morgan fingerprint density at radius 3 is 2.35 bits per heavy atom. The number of amides is 1. The minimum absolute atomic E-state index is 0.188. The molecule has 1 aliphatic heterocycles. The van der Waals surface area contributed by atoms with Gasteiger partial charge in [0.15, 0.2) is 0 Å². The Bertz CT molecular complexity index is 658. The van der Waals surface area contributed by atoms with E-state index in [0.717, 1.165) is 0 Å². The SMILES string of the molecule is COc1cc(C)c(S(=O)(=O)NCC(=O)N2CCOCC2)c(C)c1. The Labute approximate surface area is 136 Å². The van der Waals surface area contributed by atoms with E-state index in [0.29, 0.717) is 43.2 Å². The second-order valence-corrected chi connectivity index (χ2v) is 7.11. The Balaban J connectivity index is 2.11. The topological polar surface area (TPSA) is 84.9 Å². The minimum Gasteiger partial charge on any atom is -0.497 e. The van der Waals surface area contributed by atoms with Crippen LogP contribution in [0, 0.1) is 13.8 Å². The first-order valence-electron chi connectivity index (χ1n) is 7.35. The molecule has 7 nitrogen and oxygen atoms in total. The number of nitrogens with zero attached hydrogens (tertiary/aromatic N) is 1. The smallest absolute Gasteiger partial charge is 0.241 e. The Hall–Kier alpha value is -1.64. The summed E-state index contributed by atoms with van der Waals surface area (Å²) in [5.41, 5.74) is 1.15. The van der Waals surface area contributed by atoms with Crippen molar-refractivity contribution in [1.29, 1.82) is 0 Å². The number of rotatable bonds is 5. The zero-order chi connectivity index (χ0) is 17.0. The number of morpholine rings is 1. The Morgan fingerprint density at radius 1 is 1.26 bits per heavy atom. The lowest BCUT2D eigenvalue weighted by Gasteiger charge is -2.27. The third-order valence-corrected chi connectivity index (χ3v) is 5.42. The predicted molar refractivity (Wildman–Crippen MR) is 85.1 cm³/mol. The molecule has 1 heterocycles.